The van der Waals surface area contributed by atoms with E-state index in [1.807, 2.05) is 48.1 Å². The maximum absolute atomic E-state index is 12.8. The number of aryl methyl sites for hydroxylation is 2. The lowest BCUT2D eigenvalue weighted by Gasteiger charge is -2.09. The van der Waals surface area contributed by atoms with Crippen molar-refractivity contribution in [3.8, 4) is 0 Å². The molecule has 0 spiro atoms. The molecule has 0 saturated heterocycles. The van der Waals surface area contributed by atoms with Crippen LogP contribution in [0.2, 0.25) is 0 Å². The quantitative estimate of drug-likeness (QED) is 0.511. The van der Waals surface area contributed by atoms with Gasteiger partial charge < -0.3 is 13.9 Å². The second-order valence-corrected chi connectivity index (χ2v) is 6.96. The number of pyridine rings is 1. The molecule has 5 nitrogen and oxygen atoms in total. The summed E-state index contributed by atoms with van der Waals surface area (Å²) in [5.74, 6) is -0.312. The molecule has 2 aromatic heterocycles. The van der Waals surface area contributed by atoms with Crippen LogP contribution >= 0.6 is 0 Å². The predicted octanol–water partition coefficient (Wildman–Crippen LogP) is 3.80. The molecule has 28 heavy (non-hydrogen) atoms. The van der Waals surface area contributed by atoms with Crippen molar-refractivity contribution in [3.05, 3.63) is 81.8 Å². The topological polar surface area (TPSA) is 53.2 Å². The Balaban J connectivity index is 1.83. The average Bonchev–Trinajstić information content (AvgIpc) is 3.00. The van der Waals surface area contributed by atoms with Crippen LogP contribution in [-0.2, 0) is 25.3 Å². The fourth-order valence-electron chi connectivity index (χ4n) is 3.82. The molecule has 0 N–H and O–H groups in total. The van der Waals surface area contributed by atoms with E-state index in [9.17, 15) is 9.59 Å². The Kier molecular flexibility index (Phi) is 4.51. The molecule has 0 aliphatic heterocycles. The standard InChI is InChI=1S/C23H22N2O3/c1-4-28-23(27)16-11-9-15(10-12-16)13-17-14-24(2)22(26)21-20(17)18-7-5-6-8-19(18)25(21)3/h5-12,14H,4,13H2,1-3H3. The van der Waals surface area contributed by atoms with Gasteiger partial charge in [0.05, 0.1) is 12.2 Å². The third kappa shape index (κ3) is 2.89. The minimum Gasteiger partial charge on any atom is -0.462 e. The summed E-state index contributed by atoms with van der Waals surface area (Å²) in [6.07, 6.45) is 2.58. The first-order valence-corrected chi connectivity index (χ1v) is 9.33. The average molecular weight is 374 g/mol. The number of hydrogen-bond donors (Lipinski definition) is 0. The summed E-state index contributed by atoms with van der Waals surface area (Å²) in [5, 5.41) is 2.08. The Morgan fingerprint density at radius 1 is 1.04 bits per heavy atom. The lowest BCUT2D eigenvalue weighted by Crippen LogP contribution is -2.19. The van der Waals surface area contributed by atoms with Crippen LogP contribution in [0.25, 0.3) is 21.8 Å². The zero-order valence-electron chi connectivity index (χ0n) is 16.2. The number of hydrogen-bond acceptors (Lipinski definition) is 3. The molecule has 142 valence electrons. The normalized spacial score (nSPS) is 11.2. The zero-order chi connectivity index (χ0) is 19.8. The largest absolute Gasteiger partial charge is 0.462 e. The number of para-hydroxylation sites is 1. The number of benzene rings is 2. The van der Waals surface area contributed by atoms with Gasteiger partial charge >= 0.3 is 5.97 Å². The lowest BCUT2D eigenvalue weighted by molar-refractivity contribution is 0.0526. The van der Waals surface area contributed by atoms with Crippen LogP contribution in [0.1, 0.15) is 28.4 Å². The molecule has 0 amide bonds. The maximum Gasteiger partial charge on any atom is 0.338 e. The van der Waals surface area contributed by atoms with E-state index in [1.54, 1.807) is 30.7 Å². The molecular formula is C23H22N2O3. The van der Waals surface area contributed by atoms with E-state index in [1.165, 1.54) is 0 Å². The van der Waals surface area contributed by atoms with Gasteiger partial charge in [0.2, 0.25) is 0 Å². The Morgan fingerprint density at radius 3 is 2.46 bits per heavy atom. The highest BCUT2D eigenvalue weighted by Crippen LogP contribution is 2.30. The Hall–Kier alpha value is -3.34. The minimum atomic E-state index is -0.312. The molecular weight excluding hydrogens is 352 g/mol. The van der Waals surface area contributed by atoms with E-state index in [0.717, 1.165) is 27.4 Å². The van der Waals surface area contributed by atoms with Gasteiger partial charge in [0.1, 0.15) is 5.52 Å². The molecule has 0 aliphatic carbocycles. The predicted molar refractivity (Wildman–Crippen MR) is 111 cm³/mol. The van der Waals surface area contributed by atoms with Gasteiger partial charge in [-0.05, 0) is 42.7 Å². The molecule has 0 atom stereocenters. The van der Waals surface area contributed by atoms with Crippen LogP contribution in [0.15, 0.2) is 59.5 Å². The van der Waals surface area contributed by atoms with E-state index in [-0.39, 0.29) is 11.5 Å². The Bertz CT molecular complexity index is 1250. The first kappa shape index (κ1) is 18.0. The van der Waals surface area contributed by atoms with Crippen molar-refractivity contribution in [1.82, 2.24) is 9.13 Å². The summed E-state index contributed by atoms with van der Waals surface area (Å²) in [6.45, 7) is 2.15. The van der Waals surface area contributed by atoms with E-state index >= 15 is 0 Å². The minimum absolute atomic E-state index is 0.00453. The van der Waals surface area contributed by atoms with Gasteiger partial charge in [-0.1, -0.05) is 30.3 Å². The number of fused-ring (bicyclic) bond motifs is 3. The van der Waals surface area contributed by atoms with Crippen molar-refractivity contribution < 1.29 is 9.53 Å². The highest BCUT2D eigenvalue weighted by Gasteiger charge is 2.16. The number of carbonyl (C=O) groups is 1. The molecule has 2 heterocycles. The third-order valence-electron chi connectivity index (χ3n) is 5.16. The van der Waals surface area contributed by atoms with E-state index in [0.29, 0.717) is 24.1 Å². The molecule has 0 aliphatic rings. The van der Waals surface area contributed by atoms with Gasteiger partial charge in [-0.25, -0.2) is 4.79 Å². The van der Waals surface area contributed by atoms with Crippen LogP contribution in [0.3, 0.4) is 0 Å². The summed E-state index contributed by atoms with van der Waals surface area (Å²) in [5.41, 5.74) is 4.44. The molecule has 2 aromatic carbocycles. The van der Waals surface area contributed by atoms with Crippen molar-refractivity contribution in [1.29, 1.82) is 0 Å². The van der Waals surface area contributed by atoms with Gasteiger partial charge in [0, 0.05) is 36.6 Å². The molecule has 0 radical (unpaired) electrons. The molecule has 0 bridgehead atoms. The molecule has 5 heteroatoms. The highest BCUT2D eigenvalue weighted by molar-refractivity contribution is 6.09. The summed E-state index contributed by atoms with van der Waals surface area (Å²) in [4.78, 5) is 24.7. The van der Waals surface area contributed by atoms with Gasteiger partial charge in [0.25, 0.3) is 5.56 Å². The van der Waals surface area contributed by atoms with E-state index in [4.69, 9.17) is 4.74 Å². The smallest absolute Gasteiger partial charge is 0.338 e. The third-order valence-corrected chi connectivity index (χ3v) is 5.16. The number of esters is 1. The van der Waals surface area contributed by atoms with Crippen LogP contribution in [0, 0.1) is 0 Å². The molecule has 4 aromatic rings. The number of rotatable bonds is 4. The zero-order valence-corrected chi connectivity index (χ0v) is 16.2. The van der Waals surface area contributed by atoms with Crippen molar-refractivity contribution >= 4 is 27.8 Å². The maximum atomic E-state index is 12.8. The molecule has 0 saturated carbocycles. The van der Waals surface area contributed by atoms with Gasteiger partial charge in [-0.15, -0.1) is 0 Å². The van der Waals surface area contributed by atoms with Crippen molar-refractivity contribution in [2.75, 3.05) is 6.61 Å². The van der Waals surface area contributed by atoms with Crippen LogP contribution < -0.4 is 5.56 Å². The van der Waals surface area contributed by atoms with Crippen LogP contribution in [-0.4, -0.2) is 21.7 Å². The van der Waals surface area contributed by atoms with E-state index < -0.39 is 0 Å². The number of carbonyl (C=O) groups excluding carboxylic acids is 1. The number of aromatic nitrogens is 2. The second-order valence-electron chi connectivity index (χ2n) is 6.96. The molecule has 0 fully saturated rings. The van der Waals surface area contributed by atoms with Crippen molar-refractivity contribution in [3.63, 3.8) is 0 Å². The van der Waals surface area contributed by atoms with E-state index in [2.05, 4.69) is 6.07 Å². The molecule has 0 unspecified atom stereocenters. The summed E-state index contributed by atoms with van der Waals surface area (Å²) in [7, 11) is 3.72. The van der Waals surface area contributed by atoms with Crippen LogP contribution in [0.4, 0.5) is 0 Å². The SMILES string of the molecule is CCOC(=O)c1ccc(Cc2cn(C)c(=O)c3c2c2ccccc2n3C)cc1. The van der Waals surface area contributed by atoms with Crippen LogP contribution in [0.5, 0.6) is 0 Å². The first-order valence-electron chi connectivity index (χ1n) is 9.33. The Morgan fingerprint density at radius 2 is 1.75 bits per heavy atom. The summed E-state index contributed by atoms with van der Waals surface area (Å²) in [6, 6.07) is 15.5. The van der Waals surface area contributed by atoms with Gasteiger partial charge in [-0.2, -0.15) is 0 Å². The fourth-order valence-corrected chi connectivity index (χ4v) is 3.82. The molecule has 4 rings (SSSR count). The number of ether oxygens (including phenoxy) is 1. The van der Waals surface area contributed by atoms with Crippen molar-refractivity contribution in [2.45, 2.75) is 13.3 Å². The summed E-state index contributed by atoms with van der Waals surface area (Å²) < 4.78 is 8.66. The summed E-state index contributed by atoms with van der Waals surface area (Å²) >= 11 is 0. The lowest BCUT2D eigenvalue weighted by atomic mass is 10.0. The monoisotopic (exact) mass is 374 g/mol. The number of nitrogens with zero attached hydrogens (tertiary/aromatic N) is 2. The Labute approximate surface area is 162 Å². The van der Waals surface area contributed by atoms with Crippen molar-refractivity contribution in [2.24, 2.45) is 14.1 Å². The second kappa shape index (κ2) is 7.00. The fraction of sp³-hybridized carbons (Fsp3) is 0.217. The first-order chi connectivity index (χ1) is 13.5. The van der Waals surface area contributed by atoms with Gasteiger partial charge in [-0.3, -0.25) is 4.79 Å². The highest BCUT2D eigenvalue weighted by atomic mass is 16.5. The van der Waals surface area contributed by atoms with Gasteiger partial charge in [0.15, 0.2) is 0 Å².